The molecule has 0 saturated carbocycles. The van der Waals surface area contributed by atoms with E-state index in [9.17, 15) is 9.59 Å². The van der Waals surface area contributed by atoms with Crippen LogP contribution in [0.2, 0.25) is 0 Å². The first-order valence-corrected chi connectivity index (χ1v) is 6.85. The van der Waals surface area contributed by atoms with Gasteiger partial charge >= 0.3 is 6.03 Å². The van der Waals surface area contributed by atoms with Crippen LogP contribution in [0.4, 0.5) is 10.5 Å². The number of amides is 3. The van der Waals surface area contributed by atoms with Crippen molar-refractivity contribution in [1.82, 2.24) is 5.32 Å². The van der Waals surface area contributed by atoms with E-state index in [-0.39, 0.29) is 5.91 Å². The number of hydrogen-bond donors (Lipinski definition) is 1. The molecule has 1 aromatic carbocycles. The predicted molar refractivity (Wildman–Crippen MR) is 76.9 cm³/mol. The van der Waals surface area contributed by atoms with E-state index in [0.717, 1.165) is 0 Å². The van der Waals surface area contributed by atoms with Crippen molar-refractivity contribution in [2.75, 3.05) is 18.6 Å². The Morgan fingerprint density at radius 2 is 1.90 bits per heavy atom. The number of ether oxygens (including phenoxy) is 1. The zero-order chi connectivity index (χ0) is 14.8. The number of methoxy groups -OCH3 is 1. The molecule has 5 nitrogen and oxygen atoms in total. The van der Waals surface area contributed by atoms with Gasteiger partial charge in [-0.1, -0.05) is 26.0 Å². The minimum absolute atomic E-state index is 0.157. The Morgan fingerprint density at radius 1 is 1.25 bits per heavy atom. The number of benzene rings is 1. The molecular weight excluding hydrogens is 256 g/mol. The second kappa shape index (κ2) is 5.53. The lowest BCUT2D eigenvalue weighted by Crippen LogP contribution is -2.60. The first-order valence-electron chi connectivity index (χ1n) is 6.85. The molecule has 0 bridgehead atoms. The van der Waals surface area contributed by atoms with Crippen LogP contribution in [0.5, 0.6) is 5.75 Å². The lowest BCUT2D eigenvalue weighted by Gasteiger charge is -2.40. The van der Waals surface area contributed by atoms with Gasteiger partial charge in [-0.3, -0.25) is 4.79 Å². The molecule has 1 aromatic rings. The van der Waals surface area contributed by atoms with Crippen molar-refractivity contribution in [2.45, 2.75) is 26.7 Å². The molecule has 0 unspecified atom stereocenters. The largest absolute Gasteiger partial charge is 0.495 e. The van der Waals surface area contributed by atoms with E-state index in [0.29, 0.717) is 30.8 Å². The van der Waals surface area contributed by atoms with Gasteiger partial charge in [0.15, 0.2) is 0 Å². The Balaban J connectivity index is 2.48. The predicted octanol–water partition coefficient (Wildman–Crippen LogP) is 2.56. The minimum atomic E-state index is -0.533. The van der Waals surface area contributed by atoms with E-state index in [1.165, 1.54) is 12.0 Å². The van der Waals surface area contributed by atoms with E-state index < -0.39 is 11.4 Å². The topological polar surface area (TPSA) is 58.6 Å². The Kier molecular flexibility index (Phi) is 3.97. The maximum absolute atomic E-state index is 12.8. The normalized spacial score (nSPS) is 17.9. The number of nitrogens with zero attached hydrogens (tertiary/aromatic N) is 1. The molecule has 0 aromatic heterocycles. The van der Waals surface area contributed by atoms with Crippen LogP contribution in [0.3, 0.4) is 0 Å². The van der Waals surface area contributed by atoms with Crippen LogP contribution in [-0.2, 0) is 4.79 Å². The number of nitrogens with one attached hydrogen (secondary N) is 1. The van der Waals surface area contributed by atoms with E-state index in [1.54, 1.807) is 18.2 Å². The van der Waals surface area contributed by atoms with Gasteiger partial charge in [-0.15, -0.1) is 0 Å². The molecule has 1 aliphatic heterocycles. The zero-order valence-corrected chi connectivity index (χ0v) is 12.1. The summed E-state index contributed by atoms with van der Waals surface area (Å²) in [5, 5.41) is 2.82. The van der Waals surface area contributed by atoms with Crippen LogP contribution in [-0.4, -0.2) is 25.6 Å². The second-order valence-corrected chi connectivity index (χ2v) is 4.96. The maximum atomic E-state index is 12.8. The molecule has 1 N–H and O–H groups in total. The average molecular weight is 276 g/mol. The first kappa shape index (κ1) is 14.4. The Labute approximate surface area is 118 Å². The standard InChI is InChI=1S/C15H20N2O3/c1-4-15(5-2)10-16-14(19)17(13(15)18)11-8-6-7-9-12(11)20-3/h6-9H,4-5,10H2,1-3H3,(H,16,19). The van der Waals surface area contributed by atoms with Crippen LogP contribution in [0.25, 0.3) is 0 Å². The van der Waals surface area contributed by atoms with Crippen molar-refractivity contribution >= 4 is 17.6 Å². The number of urea groups is 1. The highest BCUT2D eigenvalue weighted by Gasteiger charge is 2.45. The fourth-order valence-electron chi connectivity index (χ4n) is 2.56. The van der Waals surface area contributed by atoms with Gasteiger partial charge < -0.3 is 10.1 Å². The monoisotopic (exact) mass is 276 g/mol. The van der Waals surface area contributed by atoms with Gasteiger partial charge in [0, 0.05) is 6.54 Å². The van der Waals surface area contributed by atoms with Crippen LogP contribution in [0.15, 0.2) is 24.3 Å². The molecule has 2 rings (SSSR count). The molecule has 0 aliphatic carbocycles. The summed E-state index contributed by atoms with van der Waals surface area (Å²) < 4.78 is 5.26. The quantitative estimate of drug-likeness (QED) is 0.919. The fraction of sp³-hybridized carbons (Fsp3) is 0.467. The number of imide groups is 1. The molecule has 0 spiro atoms. The van der Waals surface area contributed by atoms with E-state index >= 15 is 0 Å². The summed E-state index contributed by atoms with van der Waals surface area (Å²) in [5.74, 6) is 0.356. The molecule has 1 fully saturated rings. The maximum Gasteiger partial charge on any atom is 0.328 e. The highest BCUT2D eigenvalue weighted by molar-refractivity contribution is 6.18. The lowest BCUT2D eigenvalue weighted by atomic mass is 9.79. The van der Waals surface area contributed by atoms with Crippen molar-refractivity contribution in [3.05, 3.63) is 24.3 Å². The SMILES string of the molecule is CCC1(CC)CNC(=O)N(c2ccccc2OC)C1=O. The lowest BCUT2D eigenvalue weighted by molar-refractivity contribution is -0.128. The van der Waals surface area contributed by atoms with Crippen molar-refractivity contribution in [2.24, 2.45) is 5.41 Å². The average Bonchev–Trinajstić information content (AvgIpc) is 2.49. The second-order valence-electron chi connectivity index (χ2n) is 4.96. The molecule has 20 heavy (non-hydrogen) atoms. The molecule has 1 aliphatic rings. The molecule has 1 saturated heterocycles. The number of rotatable bonds is 4. The summed E-state index contributed by atoms with van der Waals surface area (Å²) in [5.41, 5.74) is -0.0436. The van der Waals surface area contributed by atoms with Gasteiger partial charge in [0.2, 0.25) is 5.91 Å². The van der Waals surface area contributed by atoms with Crippen LogP contribution in [0, 0.1) is 5.41 Å². The summed E-state index contributed by atoms with van der Waals surface area (Å²) in [6.07, 6.45) is 1.38. The van der Waals surface area contributed by atoms with E-state index in [2.05, 4.69) is 5.32 Å². The minimum Gasteiger partial charge on any atom is -0.495 e. The highest BCUT2D eigenvalue weighted by atomic mass is 16.5. The van der Waals surface area contributed by atoms with E-state index in [1.807, 2.05) is 19.9 Å². The van der Waals surface area contributed by atoms with Crippen molar-refractivity contribution < 1.29 is 14.3 Å². The molecule has 1 heterocycles. The summed E-state index contributed by atoms with van der Waals surface area (Å²) in [7, 11) is 1.53. The zero-order valence-electron chi connectivity index (χ0n) is 12.1. The Morgan fingerprint density at radius 3 is 2.50 bits per heavy atom. The van der Waals surface area contributed by atoms with Crippen molar-refractivity contribution in [3.63, 3.8) is 0 Å². The number of para-hydroxylation sites is 2. The summed E-state index contributed by atoms with van der Waals surface area (Å²) in [6, 6.07) is 6.66. The van der Waals surface area contributed by atoms with Crippen LogP contribution in [0.1, 0.15) is 26.7 Å². The molecule has 3 amide bonds. The molecular formula is C15H20N2O3. The van der Waals surface area contributed by atoms with Gasteiger partial charge in [0.25, 0.3) is 0 Å². The molecule has 108 valence electrons. The van der Waals surface area contributed by atoms with Crippen LogP contribution >= 0.6 is 0 Å². The van der Waals surface area contributed by atoms with Gasteiger partial charge in [-0.2, -0.15) is 0 Å². The summed E-state index contributed by atoms with van der Waals surface area (Å²) in [6.45, 7) is 4.34. The first-order chi connectivity index (χ1) is 9.59. The fourth-order valence-corrected chi connectivity index (χ4v) is 2.56. The third-order valence-electron chi connectivity index (χ3n) is 4.12. The van der Waals surface area contributed by atoms with Gasteiger partial charge in [-0.05, 0) is 25.0 Å². The van der Waals surface area contributed by atoms with Gasteiger partial charge in [0.1, 0.15) is 5.75 Å². The van der Waals surface area contributed by atoms with Crippen molar-refractivity contribution in [1.29, 1.82) is 0 Å². The smallest absolute Gasteiger partial charge is 0.328 e. The highest BCUT2D eigenvalue weighted by Crippen LogP contribution is 2.36. The molecule has 5 heteroatoms. The Bertz CT molecular complexity index is 524. The third-order valence-corrected chi connectivity index (χ3v) is 4.12. The number of carbonyl (C=O) groups excluding carboxylic acids is 2. The summed E-state index contributed by atoms with van der Waals surface area (Å²) >= 11 is 0. The van der Waals surface area contributed by atoms with Gasteiger partial charge in [-0.25, -0.2) is 9.69 Å². The number of anilines is 1. The van der Waals surface area contributed by atoms with E-state index in [4.69, 9.17) is 4.74 Å². The molecule has 0 atom stereocenters. The Hall–Kier alpha value is -2.04. The number of carbonyl (C=O) groups is 2. The number of hydrogen-bond acceptors (Lipinski definition) is 3. The third kappa shape index (κ3) is 2.13. The van der Waals surface area contributed by atoms with Crippen molar-refractivity contribution in [3.8, 4) is 5.75 Å². The summed E-state index contributed by atoms with van der Waals surface area (Å²) in [4.78, 5) is 26.1. The molecule has 0 radical (unpaired) electrons. The van der Waals surface area contributed by atoms with Gasteiger partial charge in [0.05, 0.1) is 18.2 Å². The van der Waals surface area contributed by atoms with Crippen LogP contribution < -0.4 is 15.0 Å².